The van der Waals surface area contributed by atoms with Crippen LogP contribution < -0.4 is 10.1 Å². The van der Waals surface area contributed by atoms with E-state index >= 15 is 0 Å². The van der Waals surface area contributed by atoms with Gasteiger partial charge in [-0.25, -0.2) is 4.79 Å². The Balaban J connectivity index is 1.91. The van der Waals surface area contributed by atoms with E-state index in [1.54, 1.807) is 37.3 Å². The lowest BCUT2D eigenvalue weighted by Crippen LogP contribution is -2.30. The SMILES string of the molecule is Cc1ccccc1NC(=O)[C@@H](C)OC(=O)c1ccc(OCC(C)C)cc1. The molecule has 138 valence electrons. The van der Waals surface area contributed by atoms with Crippen molar-refractivity contribution < 1.29 is 19.1 Å². The van der Waals surface area contributed by atoms with Crippen LogP contribution in [0, 0.1) is 12.8 Å². The summed E-state index contributed by atoms with van der Waals surface area (Å²) in [5, 5.41) is 2.77. The Morgan fingerprint density at radius 2 is 1.65 bits per heavy atom. The van der Waals surface area contributed by atoms with Gasteiger partial charge in [-0.05, 0) is 55.7 Å². The molecule has 0 spiro atoms. The van der Waals surface area contributed by atoms with Crippen LogP contribution in [0.3, 0.4) is 0 Å². The Hall–Kier alpha value is -2.82. The molecule has 1 atom stereocenters. The van der Waals surface area contributed by atoms with Crippen LogP contribution >= 0.6 is 0 Å². The number of hydrogen-bond donors (Lipinski definition) is 1. The van der Waals surface area contributed by atoms with Gasteiger partial charge in [0.1, 0.15) is 5.75 Å². The van der Waals surface area contributed by atoms with Gasteiger partial charge in [-0.1, -0.05) is 32.0 Å². The molecule has 0 aliphatic heterocycles. The summed E-state index contributed by atoms with van der Waals surface area (Å²) in [5.74, 6) is 0.199. The Bertz CT molecular complexity index is 753. The molecule has 1 amide bonds. The summed E-state index contributed by atoms with van der Waals surface area (Å²) >= 11 is 0. The molecule has 0 saturated heterocycles. The number of esters is 1. The number of rotatable bonds is 7. The summed E-state index contributed by atoms with van der Waals surface area (Å²) in [5.41, 5.74) is 2.01. The number of para-hydroxylation sites is 1. The first-order chi connectivity index (χ1) is 12.4. The smallest absolute Gasteiger partial charge is 0.338 e. The Morgan fingerprint density at radius 1 is 1.00 bits per heavy atom. The molecule has 5 nitrogen and oxygen atoms in total. The maximum Gasteiger partial charge on any atom is 0.338 e. The van der Waals surface area contributed by atoms with E-state index in [1.807, 2.05) is 25.1 Å². The highest BCUT2D eigenvalue weighted by atomic mass is 16.5. The zero-order chi connectivity index (χ0) is 19.1. The van der Waals surface area contributed by atoms with E-state index < -0.39 is 12.1 Å². The summed E-state index contributed by atoms with van der Waals surface area (Å²) in [6.07, 6.45) is -0.904. The van der Waals surface area contributed by atoms with E-state index in [-0.39, 0.29) is 5.91 Å². The first-order valence-corrected chi connectivity index (χ1v) is 8.67. The number of ether oxygens (including phenoxy) is 2. The van der Waals surface area contributed by atoms with Crippen LogP contribution in [-0.4, -0.2) is 24.6 Å². The van der Waals surface area contributed by atoms with Crippen LogP contribution in [0.2, 0.25) is 0 Å². The predicted molar refractivity (Wildman–Crippen MR) is 101 cm³/mol. The van der Waals surface area contributed by atoms with E-state index in [9.17, 15) is 9.59 Å². The number of hydrogen-bond acceptors (Lipinski definition) is 4. The second-order valence-corrected chi connectivity index (χ2v) is 6.58. The van der Waals surface area contributed by atoms with Crippen molar-refractivity contribution in [2.75, 3.05) is 11.9 Å². The third kappa shape index (κ3) is 5.62. The van der Waals surface area contributed by atoms with E-state index in [1.165, 1.54) is 0 Å². The van der Waals surface area contributed by atoms with E-state index in [4.69, 9.17) is 9.47 Å². The molecular weight excluding hydrogens is 330 g/mol. The first-order valence-electron chi connectivity index (χ1n) is 8.67. The van der Waals surface area contributed by atoms with Gasteiger partial charge in [0.25, 0.3) is 5.91 Å². The highest BCUT2D eigenvalue weighted by Gasteiger charge is 2.19. The fourth-order valence-electron chi connectivity index (χ4n) is 2.18. The lowest BCUT2D eigenvalue weighted by Gasteiger charge is -2.15. The summed E-state index contributed by atoms with van der Waals surface area (Å²) in [4.78, 5) is 24.4. The summed E-state index contributed by atoms with van der Waals surface area (Å²) < 4.78 is 10.8. The normalized spacial score (nSPS) is 11.7. The van der Waals surface area contributed by atoms with Crippen molar-refractivity contribution in [3.63, 3.8) is 0 Å². The van der Waals surface area contributed by atoms with Crippen LogP contribution in [0.4, 0.5) is 5.69 Å². The van der Waals surface area contributed by atoms with Gasteiger partial charge in [-0.15, -0.1) is 0 Å². The molecule has 0 unspecified atom stereocenters. The standard InChI is InChI=1S/C21H25NO4/c1-14(2)13-25-18-11-9-17(10-12-18)21(24)26-16(4)20(23)22-19-8-6-5-7-15(19)3/h5-12,14,16H,13H2,1-4H3,(H,22,23)/t16-/m1/s1. The van der Waals surface area contributed by atoms with Crippen molar-refractivity contribution in [3.05, 3.63) is 59.7 Å². The van der Waals surface area contributed by atoms with Gasteiger partial charge in [0.15, 0.2) is 6.10 Å². The number of anilines is 1. The minimum absolute atomic E-state index is 0.371. The number of carbonyl (C=O) groups is 2. The van der Waals surface area contributed by atoms with Gasteiger partial charge in [0, 0.05) is 5.69 Å². The van der Waals surface area contributed by atoms with E-state index in [0.717, 1.165) is 5.56 Å². The van der Waals surface area contributed by atoms with Gasteiger partial charge < -0.3 is 14.8 Å². The van der Waals surface area contributed by atoms with Crippen molar-refractivity contribution in [1.29, 1.82) is 0 Å². The molecule has 5 heteroatoms. The van der Waals surface area contributed by atoms with Crippen LogP contribution in [0.15, 0.2) is 48.5 Å². The monoisotopic (exact) mass is 355 g/mol. The topological polar surface area (TPSA) is 64.6 Å². The second-order valence-electron chi connectivity index (χ2n) is 6.58. The van der Waals surface area contributed by atoms with Crippen molar-refractivity contribution in [2.45, 2.75) is 33.8 Å². The number of benzene rings is 2. The lowest BCUT2D eigenvalue weighted by molar-refractivity contribution is -0.123. The molecule has 0 radical (unpaired) electrons. The average molecular weight is 355 g/mol. The van der Waals surface area contributed by atoms with Crippen LogP contribution in [-0.2, 0) is 9.53 Å². The third-order valence-electron chi connectivity index (χ3n) is 3.73. The highest BCUT2D eigenvalue weighted by molar-refractivity contribution is 5.97. The molecule has 0 fully saturated rings. The summed E-state index contributed by atoms with van der Waals surface area (Å²) in [7, 11) is 0. The van der Waals surface area contributed by atoms with Crippen molar-refractivity contribution in [2.24, 2.45) is 5.92 Å². The largest absolute Gasteiger partial charge is 0.493 e. The van der Waals surface area contributed by atoms with Crippen molar-refractivity contribution in [3.8, 4) is 5.75 Å². The second kappa shape index (κ2) is 9.04. The molecule has 0 aromatic heterocycles. The zero-order valence-corrected chi connectivity index (χ0v) is 15.6. The van der Waals surface area contributed by atoms with Gasteiger partial charge in [-0.3, -0.25) is 4.79 Å². The average Bonchev–Trinajstić information content (AvgIpc) is 2.62. The molecule has 1 N–H and O–H groups in total. The fourth-order valence-corrected chi connectivity index (χ4v) is 2.18. The van der Waals surface area contributed by atoms with Crippen molar-refractivity contribution in [1.82, 2.24) is 0 Å². The van der Waals surface area contributed by atoms with Crippen molar-refractivity contribution >= 4 is 17.6 Å². The molecule has 0 saturated carbocycles. The number of aryl methyl sites for hydroxylation is 1. The van der Waals surface area contributed by atoms with Gasteiger partial charge >= 0.3 is 5.97 Å². The molecular formula is C21H25NO4. The van der Waals surface area contributed by atoms with Crippen LogP contribution in [0.1, 0.15) is 36.7 Å². The van der Waals surface area contributed by atoms with Gasteiger partial charge in [0.05, 0.1) is 12.2 Å². The number of nitrogens with one attached hydrogen (secondary N) is 1. The first kappa shape index (κ1) is 19.5. The maximum atomic E-state index is 12.2. The molecule has 0 bridgehead atoms. The highest BCUT2D eigenvalue weighted by Crippen LogP contribution is 2.16. The Kier molecular flexibility index (Phi) is 6.78. The third-order valence-corrected chi connectivity index (χ3v) is 3.73. The summed E-state index contributed by atoms with van der Waals surface area (Å²) in [6, 6.07) is 14.1. The minimum atomic E-state index is -0.904. The predicted octanol–water partition coefficient (Wildman–Crippen LogP) is 4.21. The van der Waals surface area contributed by atoms with Crippen LogP contribution in [0.25, 0.3) is 0 Å². The molecule has 2 aromatic carbocycles. The molecule has 0 aliphatic carbocycles. The van der Waals surface area contributed by atoms with Gasteiger partial charge in [-0.2, -0.15) is 0 Å². The Labute approximate surface area is 154 Å². The summed E-state index contributed by atoms with van der Waals surface area (Å²) in [6.45, 7) is 8.19. The minimum Gasteiger partial charge on any atom is -0.493 e. The molecule has 2 rings (SSSR count). The zero-order valence-electron chi connectivity index (χ0n) is 15.6. The molecule has 0 heterocycles. The van der Waals surface area contributed by atoms with E-state index in [2.05, 4.69) is 19.2 Å². The lowest BCUT2D eigenvalue weighted by atomic mass is 10.2. The Morgan fingerprint density at radius 3 is 2.27 bits per heavy atom. The molecule has 0 aliphatic rings. The van der Waals surface area contributed by atoms with E-state index in [0.29, 0.717) is 29.5 Å². The van der Waals surface area contributed by atoms with Crippen LogP contribution in [0.5, 0.6) is 5.75 Å². The number of carbonyl (C=O) groups excluding carboxylic acids is 2. The fraction of sp³-hybridized carbons (Fsp3) is 0.333. The molecule has 26 heavy (non-hydrogen) atoms. The number of amides is 1. The van der Waals surface area contributed by atoms with Gasteiger partial charge in [0.2, 0.25) is 0 Å². The molecule has 2 aromatic rings. The quantitative estimate of drug-likeness (QED) is 0.756. The maximum absolute atomic E-state index is 12.2.